The van der Waals surface area contributed by atoms with Gasteiger partial charge in [0.1, 0.15) is 30.1 Å². The molecule has 3 aliphatic heterocycles. The van der Waals surface area contributed by atoms with Crippen LogP contribution in [-0.4, -0.2) is 119 Å². The third-order valence-corrected chi connectivity index (χ3v) is 14.9. The summed E-state index contributed by atoms with van der Waals surface area (Å²) in [5, 5.41) is 33.9. The van der Waals surface area contributed by atoms with Crippen LogP contribution in [0.4, 0.5) is 0 Å². The standard InChI is InChI=1S/C53H81NO12/c1-11-17-40-30-41-23-21-38(8)53(62,66-41)50(59)51(60)54-25-16-15-20-42(54)52(61)65-45(35(5)28-39-22-24-43(55)46(29-39)63-9)31-44(56)34(4)27-37(7)48(58)49(64-10)47(57)36(6)26-32(2)18-13-12-14-19-33(40)3/h11-14,18-19,27,32,34-36,38-43,45-46,48-49,55,58,62H,1,15-17,20-26,28-31H2,2-10H3/b14-12+,18-13+,33-19+,37-27+/t32-,34-,35-,36-,38-,39+,40?,41+,42+,43-,45+,46-,48-,49?,53-/m1/s1. The normalized spacial score (nSPS) is 39.9. The number of rotatable bonds is 7. The molecule has 3 fully saturated rings. The number of ether oxygens (including phenoxy) is 4. The lowest BCUT2D eigenvalue weighted by atomic mass is 9.78. The SMILES string of the molecule is C=CCC1C[C@@H]2CC[C@@H](C)[C@@](O)(O2)C(=O)C(=O)N2CCCC[C@H]2C(=O)O[C@H]([C@H](C)C[C@@H]2CC[C@@H](O)[C@H](OC)C2)CC(=O)[C@H](C)/C=C(\C)[C@@H](O)C(OC)C(=O)[C@H](C)C[C@H](C)/C=C/C=C/C=C/1C. The van der Waals surface area contributed by atoms with Crippen molar-refractivity contribution in [2.45, 2.75) is 180 Å². The van der Waals surface area contributed by atoms with Crippen LogP contribution in [0.5, 0.6) is 0 Å². The largest absolute Gasteiger partial charge is 0.460 e. The van der Waals surface area contributed by atoms with Crippen LogP contribution in [0.15, 0.2) is 60.3 Å². The first-order chi connectivity index (χ1) is 31.2. The van der Waals surface area contributed by atoms with Crippen molar-refractivity contribution in [1.82, 2.24) is 4.90 Å². The van der Waals surface area contributed by atoms with Crippen LogP contribution in [0.2, 0.25) is 0 Å². The molecule has 0 aromatic heterocycles. The molecule has 3 heterocycles. The Bertz CT molecular complexity index is 1800. The summed E-state index contributed by atoms with van der Waals surface area (Å²) in [7, 11) is 2.95. The van der Waals surface area contributed by atoms with Crippen LogP contribution < -0.4 is 0 Å². The average Bonchev–Trinajstić information content (AvgIpc) is 3.29. The molecule has 1 saturated carbocycles. The number of aliphatic hydroxyl groups is 3. The second-order valence-electron chi connectivity index (χ2n) is 20.1. The van der Waals surface area contributed by atoms with Crippen molar-refractivity contribution in [1.29, 1.82) is 0 Å². The summed E-state index contributed by atoms with van der Waals surface area (Å²) < 4.78 is 23.7. The number of hydrogen-bond donors (Lipinski definition) is 3. The second-order valence-corrected chi connectivity index (χ2v) is 20.1. The van der Waals surface area contributed by atoms with Gasteiger partial charge in [0, 0.05) is 44.9 Å². The first kappa shape index (κ1) is 55.0. The summed E-state index contributed by atoms with van der Waals surface area (Å²) in [5.74, 6) is -7.84. The van der Waals surface area contributed by atoms with Crippen molar-refractivity contribution in [3.8, 4) is 0 Å². The number of cyclic esters (lactones) is 1. The van der Waals surface area contributed by atoms with E-state index in [1.165, 1.54) is 12.0 Å². The van der Waals surface area contributed by atoms with Crippen molar-refractivity contribution in [2.24, 2.45) is 41.4 Å². The maximum absolute atomic E-state index is 14.4. The Balaban J connectivity index is 1.71. The maximum atomic E-state index is 14.4. The second kappa shape index (κ2) is 25.7. The lowest BCUT2D eigenvalue weighted by Crippen LogP contribution is -2.60. The van der Waals surface area contributed by atoms with Crippen molar-refractivity contribution >= 4 is 29.2 Å². The molecular formula is C53H81NO12. The number of aliphatic hydroxyl groups excluding tert-OH is 2. The smallest absolute Gasteiger partial charge is 0.329 e. The zero-order valence-corrected chi connectivity index (χ0v) is 41.2. The molecule has 15 atom stereocenters. The fourth-order valence-electron chi connectivity index (χ4n) is 10.4. The fraction of sp³-hybridized carbons (Fsp3) is 0.717. The van der Waals surface area contributed by atoms with E-state index in [-0.39, 0.29) is 60.7 Å². The highest BCUT2D eigenvalue weighted by molar-refractivity contribution is 6.39. The van der Waals surface area contributed by atoms with E-state index >= 15 is 0 Å². The minimum Gasteiger partial charge on any atom is -0.460 e. The molecule has 13 nitrogen and oxygen atoms in total. The van der Waals surface area contributed by atoms with Gasteiger partial charge in [0.25, 0.3) is 11.7 Å². The topological polar surface area (TPSA) is 186 Å². The van der Waals surface area contributed by atoms with Crippen LogP contribution >= 0.6 is 0 Å². The molecule has 0 radical (unpaired) electrons. The molecule has 2 unspecified atom stereocenters. The van der Waals surface area contributed by atoms with Gasteiger partial charge in [-0.2, -0.15) is 0 Å². The van der Waals surface area contributed by atoms with E-state index in [2.05, 4.69) is 6.58 Å². The Hall–Kier alpha value is -3.59. The van der Waals surface area contributed by atoms with Gasteiger partial charge in [-0.1, -0.05) is 82.7 Å². The molecule has 66 heavy (non-hydrogen) atoms. The molecule has 2 saturated heterocycles. The quantitative estimate of drug-likeness (QED) is 0.131. The number of carbonyl (C=O) groups excluding carboxylic acids is 5. The van der Waals surface area contributed by atoms with E-state index in [1.54, 1.807) is 34.0 Å². The number of fused-ring (bicyclic) bond motifs is 3. The molecule has 370 valence electrons. The molecule has 1 aliphatic carbocycles. The summed E-state index contributed by atoms with van der Waals surface area (Å²) in [4.78, 5) is 72.0. The summed E-state index contributed by atoms with van der Waals surface area (Å²) in [6.45, 7) is 16.9. The summed E-state index contributed by atoms with van der Waals surface area (Å²) in [5.41, 5.74) is 1.44. The average molecular weight is 924 g/mol. The molecular weight excluding hydrogens is 843 g/mol. The fourth-order valence-corrected chi connectivity index (χ4v) is 10.4. The van der Waals surface area contributed by atoms with Crippen LogP contribution in [0.3, 0.4) is 0 Å². The molecule has 4 aliphatic rings. The Morgan fingerprint density at radius 2 is 1.64 bits per heavy atom. The Labute approximate surface area is 394 Å². The monoisotopic (exact) mass is 924 g/mol. The number of methoxy groups -OCH3 is 2. The first-order valence-corrected chi connectivity index (χ1v) is 24.5. The van der Waals surface area contributed by atoms with Crippen LogP contribution in [0.25, 0.3) is 0 Å². The minimum atomic E-state index is -2.40. The number of hydrogen-bond acceptors (Lipinski definition) is 12. The number of esters is 1. The number of Topliss-reactive ketones (excluding diaryl/α,β-unsaturated/α-hetero) is 3. The number of nitrogens with zero attached hydrogens (tertiary/aromatic N) is 1. The minimum absolute atomic E-state index is 0.0217. The van der Waals surface area contributed by atoms with E-state index in [0.717, 1.165) is 12.0 Å². The van der Waals surface area contributed by atoms with Gasteiger partial charge in [-0.15, -0.1) is 6.58 Å². The highest BCUT2D eigenvalue weighted by Crippen LogP contribution is 2.39. The molecule has 0 aromatic rings. The van der Waals surface area contributed by atoms with E-state index in [4.69, 9.17) is 18.9 Å². The van der Waals surface area contributed by atoms with Gasteiger partial charge in [0.15, 0.2) is 5.78 Å². The van der Waals surface area contributed by atoms with Gasteiger partial charge in [-0.3, -0.25) is 19.2 Å². The Morgan fingerprint density at radius 3 is 2.32 bits per heavy atom. The van der Waals surface area contributed by atoms with Crippen molar-refractivity contribution < 1.29 is 58.2 Å². The van der Waals surface area contributed by atoms with Crippen molar-refractivity contribution in [3.63, 3.8) is 0 Å². The summed E-state index contributed by atoms with van der Waals surface area (Å²) in [6.07, 6.45) is 14.7. The predicted molar refractivity (Wildman–Crippen MR) is 253 cm³/mol. The van der Waals surface area contributed by atoms with E-state index in [1.807, 2.05) is 64.2 Å². The van der Waals surface area contributed by atoms with Gasteiger partial charge in [-0.25, -0.2) is 4.79 Å². The number of amides is 1. The van der Waals surface area contributed by atoms with Gasteiger partial charge < -0.3 is 39.2 Å². The molecule has 4 rings (SSSR count). The molecule has 2 bridgehead atoms. The molecule has 1 amide bonds. The maximum Gasteiger partial charge on any atom is 0.329 e. The number of allylic oxidation sites excluding steroid dienone is 8. The van der Waals surface area contributed by atoms with Gasteiger partial charge >= 0.3 is 5.97 Å². The number of ketones is 3. The summed E-state index contributed by atoms with van der Waals surface area (Å²) >= 11 is 0. The summed E-state index contributed by atoms with van der Waals surface area (Å²) in [6, 6.07) is -1.13. The van der Waals surface area contributed by atoms with E-state index in [0.29, 0.717) is 69.8 Å². The lowest BCUT2D eigenvalue weighted by molar-refractivity contribution is -0.264. The zero-order valence-electron chi connectivity index (χ0n) is 41.2. The number of piperidine rings is 1. The van der Waals surface area contributed by atoms with E-state index < -0.39 is 77.8 Å². The predicted octanol–water partition coefficient (Wildman–Crippen LogP) is 7.36. The van der Waals surface area contributed by atoms with Gasteiger partial charge in [-0.05, 0) is 120 Å². The van der Waals surface area contributed by atoms with Crippen LogP contribution in [0.1, 0.15) is 132 Å². The third kappa shape index (κ3) is 14.5. The van der Waals surface area contributed by atoms with Crippen molar-refractivity contribution in [2.75, 3.05) is 20.8 Å². The Kier molecular flexibility index (Phi) is 21.4. The molecule has 3 N–H and O–H groups in total. The third-order valence-electron chi connectivity index (χ3n) is 14.9. The molecule has 0 aromatic carbocycles. The van der Waals surface area contributed by atoms with Gasteiger partial charge in [0.2, 0.25) is 5.79 Å². The van der Waals surface area contributed by atoms with Crippen LogP contribution in [0, 0.1) is 41.4 Å². The van der Waals surface area contributed by atoms with E-state index in [9.17, 15) is 39.3 Å². The molecule has 0 spiro atoms. The van der Waals surface area contributed by atoms with Gasteiger partial charge in [0.05, 0.1) is 18.3 Å². The molecule has 13 heteroatoms. The number of carbonyl (C=O) groups is 5. The van der Waals surface area contributed by atoms with Crippen LogP contribution in [-0.2, 0) is 42.9 Å². The zero-order chi connectivity index (χ0) is 48.9. The first-order valence-electron chi connectivity index (χ1n) is 24.5. The van der Waals surface area contributed by atoms with Crippen molar-refractivity contribution in [3.05, 3.63) is 60.3 Å². The Morgan fingerprint density at radius 1 is 0.909 bits per heavy atom. The highest BCUT2D eigenvalue weighted by atomic mass is 16.6. The lowest BCUT2D eigenvalue weighted by Gasteiger charge is -2.43. The highest BCUT2D eigenvalue weighted by Gasteiger charge is 2.53.